The molecule has 0 rings (SSSR count). The molecule has 5 amide bonds. The highest BCUT2D eigenvalue weighted by molar-refractivity contribution is 5.87. The second-order valence-electron chi connectivity index (χ2n) is 19.3. The van der Waals surface area contributed by atoms with Gasteiger partial charge in [-0.15, -0.1) is 0 Å². The van der Waals surface area contributed by atoms with Gasteiger partial charge in [0.05, 0.1) is 45.7 Å². The fraction of sp³-hybridized carbons (Fsp3) is 0.811. The van der Waals surface area contributed by atoms with Gasteiger partial charge in [-0.2, -0.15) is 0 Å². The van der Waals surface area contributed by atoms with Crippen LogP contribution in [0.2, 0.25) is 0 Å². The number of carboxylic acids is 4. The average molecular weight is 1130 g/mol. The smallest absolute Gasteiger partial charge is 0.326 e. The number of nitrogens with one attached hydrogen (secondary N) is 7. The summed E-state index contributed by atoms with van der Waals surface area (Å²) in [6.07, 6.45) is 15.2. The average Bonchev–Trinajstić information content (AvgIpc) is 3.39. The number of aliphatic carboxylic acids is 4. The highest BCUT2D eigenvalue weighted by atomic mass is 16.5. The molecule has 0 aliphatic carbocycles. The molecular weight excluding hydrogens is 1040 g/mol. The Balaban J connectivity index is 3.96. The molecule has 5 atom stereocenters. The third-order valence-corrected chi connectivity index (χ3v) is 12.5. The summed E-state index contributed by atoms with van der Waals surface area (Å²) in [6.45, 7) is 2.09. The molecule has 0 aromatic heterocycles. The van der Waals surface area contributed by atoms with Crippen molar-refractivity contribution in [2.24, 2.45) is 0 Å². The lowest BCUT2D eigenvalue weighted by Gasteiger charge is -2.18. The molecule has 0 bridgehead atoms. The first-order valence-electron chi connectivity index (χ1n) is 28.1. The zero-order chi connectivity index (χ0) is 58.9. The summed E-state index contributed by atoms with van der Waals surface area (Å²) >= 11 is 0. The zero-order valence-corrected chi connectivity index (χ0v) is 46.8. The van der Waals surface area contributed by atoms with Crippen LogP contribution in [0, 0.1) is 0 Å². The zero-order valence-electron chi connectivity index (χ0n) is 46.8. The number of ketones is 1. The number of aliphatic hydroxyl groups excluding tert-OH is 1. The van der Waals surface area contributed by atoms with E-state index in [9.17, 15) is 68.4 Å². The standard InChI is InChI=1S/C53H95N7O19/c1-39(61)40(54-2)19-17-18-28-55-44(62)25-22-42(52(72)73)59-47(65)27-24-43(53(74)75)60-49(67)38-79-36-34-77-32-30-57-48(66)37-78-35-33-76-31-29-56-45(63)26-23-41(51(70)71)58-46(64)20-15-13-11-9-7-5-3-4-6-8-10-12-14-16-21-50(68)69/h40-43,45,54,56,63H,3-38H2,1-2H3,(H,55,62)(H,57,66)(H,58,64)(H,59,65)(H,60,67)(H,68,69)(H,70,71)(H,72,73)(H,74,75)/t40-,41-,42-,43-,45?/m0/s1. The molecule has 0 heterocycles. The van der Waals surface area contributed by atoms with Gasteiger partial charge < -0.3 is 76.4 Å². The molecule has 0 aliphatic heterocycles. The summed E-state index contributed by atoms with van der Waals surface area (Å²) in [5, 5.41) is 65.6. The van der Waals surface area contributed by atoms with Crippen LogP contribution in [0.1, 0.15) is 167 Å². The van der Waals surface area contributed by atoms with E-state index in [0.29, 0.717) is 32.2 Å². The second-order valence-corrected chi connectivity index (χ2v) is 19.3. The van der Waals surface area contributed by atoms with Crippen molar-refractivity contribution in [1.29, 1.82) is 0 Å². The fourth-order valence-corrected chi connectivity index (χ4v) is 7.92. The predicted octanol–water partition coefficient (Wildman–Crippen LogP) is 1.92. The Morgan fingerprint density at radius 2 is 0.797 bits per heavy atom. The van der Waals surface area contributed by atoms with E-state index in [-0.39, 0.29) is 122 Å². The number of aliphatic hydroxyl groups is 1. The maximum absolute atomic E-state index is 12.5. The lowest BCUT2D eigenvalue weighted by Crippen LogP contribution is -2.45. The van der Waals surface area contributed by atoms with E-state index < -0.39 is 84.9 Å². The Hall–Kier alpha value is -5.38. The van der Waals surface area contributed by atoms with Gasteiger partial charge in [-0.05, 0) is 71.8 Å². The van der Waals surface area contributed by atoms with Crippen LogP contribution in [-0.4, -0.2) is 195 Å². The maximum Gasteiger partial charge on any atom is 0.326 e. The van der Waals surface area contributed by atoms with E-state index in [2.05, 4.69) is 37.2 Å². The largest absolute Gasteiger partial charge is 0.481 e. The normalized spacial score (nSPS) is 13.1. The minimum absolute atomic E-state index is 0.0174. The molecule has 0 saturated carbocycles. The summed E-state index contributed by atoms with van der Waals surface area (Å²) < 4.78 is 21.3. The molecule has 456 valence electrons. The van der Waals surface area contributed by atoms with Crippen molar-refractivity contribution in [2.45, 2.75) is 198 Å². The van der Waals surface area contributed by atoms with Crippen LogP contribution >= 0.6 is 0 Å². The van der Waals surface area contributed by atoms with Crippen molar-refractivity contribution >= 4 is 59.2 Å². The topological polar surface area (TPSA) is 393 Å². The number of unbranched alkanes of at least 4 members (excludes halogenated alkanes) is 14. The molecule has 0 saturated heterocycles. The summed E-state index contributed by atoms with van der Waals surface area (Å²) in [4.78, 5) is 119. The van der Waals surface area contributed by atoms with E-state index in [1.165, 1.54) is 39.0 Å². The highest BCUT2D eigenvalue weighted by Gasteiger charge is 2.25. The summed E-state index contributed by atoms with van der Waals surface area (Å²) in [5.41, 5.74) is 0. The van der Waals surface area contributed by atoms with Gasteiger partial charge in [-0.1, -0.05) is 77.0 Å². The number of ether oxygens (including phenoxy) is 4. The summed E-state index contributed by atoms with van der Waals surface area (Å²) in [6, 6.07) is -4.25. The molecule has 79 heavy (non-hydrogen) atoms. The molecule has 0 fully saturated rings. The Morgan fingerprint density at radius 1 is 0.380 bits per heavy atom. The van der Waals surface area contributed by atoms with E-state index >= 15 is 0 Å². The van der Waals surface area contributed by atoms with Gasteiger partial charge in [0, 0.05) is 45.3 Å². The van der Waals surface area contributed by atoms with Crippen molar-refractivity contribution < 1.29 is 92.4 Å². The third-order valence-electron chi connectivity index (χ3n) is 12.5. The number of hydrogen-bond acceptors (Lipinski definition) is 17. The van der Waals surface area contributed by atoms with Crippen molar-refractivity contribution in [3.05, 3.63) is 0 Å². The van der Waals surface area contributed by atoms with Crippen LogP contribution in [0.15, 0.2) is 0 Å². The molecule has 26 nitrogen and oxygen atoms in total. The van der Waals surface area contributed by atoms with Crippen LogP contribution in [0.3, 0.4) is 0 Å². The minimum atomic E-state index is -1.47. The van der Waals surface area contributed by atoms with Gasteiger partial charge >= 0.3 is 23.9 Å². The Kier molecular flexibility index (Phi) is 46.3. The highest BCUT2D eigenvalue weighted by Crippen LogP contribution is 2.14. The van der Waals surface area contributed by atoms with Crippen LogP contribution in [-0.2, 0) is 66.9 Å². The number of Topliss-reactive ketones (excluding diaryl/α,β-unsaturated/α-hetero) is 1. The molecule has 0 aromatic rings. The van der Waals surface area contributed by atoms with E-state index in [1.54, 1.807) is 7.05 Å². The number of rotatable bonds is 56. The first-order chi connectivity index (χ1) is 37.9. The molecule has 0 aromatic carbocycles. The molecule has 0 aliphatic rings. The molecule has 0 radical (unpaired) electrons. The van der Waals surface area contributed by atoms with Crippen molar-refractivity contribution in [3.8, 4) is 0 Å². The fourth-order valence-electron chi connectivity index (χ4n) is 7.92. The Labute approximate surface area is 465 Å². The van der Waals surface area contributed by atoms with E-state index in [0.717, 1.165) is 51.4 Å². The number of carbonyl (C=O) groups excluding carboxylic acids is 6. The first-order valence-corrected chi connectivity index (χ1v) is 28.1. The first kappa shape index (κ1) is 73.6. The number of carbonyl (C=O) groups is 10. The molecule has 1 unspecified atom stereocenters. The van der Waals surface area contributed by atoms with Crippen molar-refractivity contribution in [2.75, 3.05) is 79.5 Å². The SMILES string of the molecule is CN[C@@H](CCCCNC(=O)CC[C@H](NC(=O)CC[C@H](NC(=O)COCCOCCNC(=O)COCCOCCNC(O)CC[C@H](NC(=O)CCCCCCCCCCCCCCCCC(=O)O)C(=O)O)C(=O)O)C(=O)O)C(C)=O. The molecular formula is C53H95N7O19. The number of carboxylic acid groups (broad SMARTS) is 4. The van der Waals surface area contributed by atoms with E-state index in [1.807, 2.05) is 0 Å². The van der Waals surface area contributed by atoms with Crippen LogP contribution < -0.4 is 37.2 Å². The second kappa shape index (κ2) is 49.6. The molecule has 0 spiro atoms. The maximum atomic E-state index is 12.5. The Bertz CT molecular complexity index is 1750. The predicted molar refractivity (Wildman–Crippen MR) is 289 cm³/mol. The van der Waals surface area contributed by atoms with Gasteiger partial charge in [-0.3, -0.25) is 38.9 Å². The Morgan fingerprint density at radius 3 is 1.29 bits per heavy atom. The van der Waals surface area contributed by atoms with Gasteiger partial charge in [0.25, 0.3) is 0 Å². The van der Waals surface area contributed by atoms with E-state index in [4.69, 9.17) is 24.1 Å². The number of hydrogen-bond donors (Lipinski definition) is 12. The van der Waals surface area contributed by atoms with Crippen LogP contribution in [0.4, 0.5) is 0 Å². The van der Waals surface area contributed by atoms with Crippen molar-refractivity contribution in [1.82, 2.24) is 37.2 Å². The number of likely N-dealkylation sites (N-methyl/N-ethyl adjacent to an activating group) is 1. The summed E-state index contributed by atoms with van der Waals surface area (Å²) in [5.74, 6) is -7.39. The van der Waals surface area contributed by atoms with Gasteiger partial charge in [0.2, 0.25) is 29.5 Å². The molecule has 12 N–H and O–H groups in total. The van der Waals surface area contributed by atoms with Crippen LogP contribution in [0.25, 0.3) is 0 Å². The number of amides is 5. The minimum Gasteiger partial charge on any atom is -0.481 e. The quantitative estimate of drug-likeness (QED) is 0.0306. The van der Waals surface area contributed by atoms with Gasteiger partial charge in [0.1, 0.15) is 43.4 Å². The molecule has 26 heteroatoms. The lowest BCUT2D eigenvalue weighted by atomic mass is 10.0. The van der Waals surface area contributed by atoms with Gasteiger partial charge in [0.15, 0.2) is 0 Å². The van der Waals surface area contributed by atoms with Gasteiger partial charge in [-0.25, -0.2) is 14.4 Å². The summed E-state index contributed by atoms with van der Waals surface area (Å²) in [7, 11) is 1.69. The van der Waals surface area contributed by atoms with Crippen molar-refractivity contribution in [3.63, 3.8) is 0 Å². The lowest BCUT2D eigenvalue weighted by molar-refractivity contribution is -0.144. The monoisotopic (exact) mass is 1130 g/mol. The third kappa shape index (κ3) is 46.1. The van der Waals surface area contributed by atoms with Crippen LogP contribution in [0.5, 0.6) is 0 Å².